The quantitative estimate of drug-likeness (QED) is 0.411. The third-order valence-corrected chi connectivity index (χ3v) is 2.65. The second-order valence-corrected chi connectivity index (χ2v) is 3.59. The Kier molecular flexibility index (Phi) is 8.11. The summed E-state index contributed by atoms with van der Waals surface area (Å²) in [5, 5.41) is 0. The first-order valence-electron chi connectivity index (χ1n) is 5.63. The first kappa shape index (κ1) is 12.7. The summed E-state index contributed by atoms with van der Waals surface area (Å²) in [5.41, 5.74) is 1.40. The van der Waals surface area contributed by atoms with Gasteiger partial charge in [0, 0.05) is 0 Å². The van der Waals surface area contributed by atoms with E-state index < -0.39 is 0 Å². The summed E-state index contributed by atoms with van der Waals surface area (Å²) in [4.78, 5) is 2.48. The van der Waals surface area contributed by atoms with E-state index in [-0.39, 0.29) is 0 Å². The lowest BCUT2D eigenvalue weighted by Crippen LogP contribution is -2.23. The van der Waals surface area contributed by atoms with Crippen LogP contribution in [-0.2, 0) is 0 Å². The van der Waals surface area contributed by atoms with Gasteiger partial charge < -0.3 is 4.90 Å². The van der Waals surface area contributed by atoms with Gasteiger partial charge in [-0.25, -0.2) is 0 Å². The molecule has 0 radical (unpaired) electrons. The van der Waals surface area contributed by atoms with Gasteiger partial charge in [0.1, 0.15) is 0 Å². The van der Waals surface area contributed by atoms with Crippen LogP contribution in [0.1, 0.15) is 46.5 Å². The Labute approximate surface area is 83.8 Å². The molecular formula is C12H25N. The second kappa shape index (κ2) is 8.31. The van der Waals surface area contributed by atoms with Gasteiger partial charge in [-0.05, 0) is 45.3 Å². The molecule has 78 valence electrons. The Morgan fingerprint density at radius 1 is 1.08 bits per heavy atom. The molecule has 0 aromatic heterocycles. The predicted molar refractivity (Wildman–Crippen MR) is 61.1 cm³/mol. The number of rotatable bonds is 8. The maximum Gasteiger partial charge on any atom is -0.00189 e. The first-order valence-corrected chi connectivity index (χ1v) is 5.63. The fraction of sp³-hybridized carbons (Fsp3) is 0.833. The fourth-order valence-corrected chi connectivity index (χ4v) is 1.43. The molecule has 0 aromatic rings. The SMILES string of the molecule is C=C(CC)CCCCN(CC)CC. The molecule has 0 aliphatic carbocycles. The molecule has 0 bridgehead atoms. The van der Waals surface area contributed by atoms with Crippen LogP contribution < -0.4 is 0 Å². The standard InChI is InChI=1S/C12H25N/c1-5-12(4)10-8-9-11-13(6-2)7-3/h4-11H2,1-3H3. The van der Waals surface area contributed by atoms with Crippen LogP contribution in [0.25, 0.3) is 0 Å². The van der Waals surface area contributed by atoms with Gasteiger partial charge in [0.05, 0.1) is 0 Å². The van der Waals surface area contributed by atoms with Gasteiger partial charge in [0.15, 0.2) is 0 Å². The summed E-state index contributed by atoms with van der Waals surface area (Å²) in [6, 6.07) is 0. The van der Waals surface area contributed by atoms with Crippen molar-refractivity contribution in [3.8, 4) is 0 Å². The zero-order chi connectivity index (χ0) is 10.1. The van der Waals surface area contributed by atoms with E-state index >= 15 is 0 Å². The second-order valence-electron chi connectivity index (χ2n) is 3.59. The lowest BCUT2D eigenvalue weighted by Gasteiger charge is -2.17. The van der Waals surface area contributed by atoms with E-state index in [0.717, 1.165) is 6.42 Å². The molecular weight excluding hydrogens is 158 g/mol. The summed E-state index contributed by atoms with van der Waals surface area (Å²) < 4.78 is 0. The molecule has 0 unspecified atom stereocenters. The zero-order valence-corrected chi connectivity index (χ0v) is 9.60. The highest BCUT2D eigenvalue weighted by molar-refractivity contribution is 4.91. The Morgan fingerprint density at radius 3 is 2.15 bits per heavy atom. The van der Waals surface area contributed by atoms with Gasteiger partial charge in [0.25, 0.3) is 0 Å². The van der Waals surface area contributed by atoms with Crippen LogP contribution in [0, 0.1) is 0 Å². The third-order valence-electron chi connectivity index (χ3n) is 2.65. The number of nitrogens with zero attached hydrogens (tertiary/aromatic N) is 1. The van der Waals surface area contributed by atoms with Crippen LogP contribution in [0.2, 0.25) is 0 Å². The number of allylic oxidation sites excluding steroid dienone is 1. The molecule has 0 aliphatic rings. The topological polar surface area (TPSA) is 3.24 Å². The van der Waals surface area contributed by atoms with Crippen molar-refractivity contribution in [3.63, 3.8) is 0 Å². The van der Waals surface area contributed by atoms with E-state index in [9.17, 15) is 0 Å². The molecule has 0 amide bonds. The number of hydrogen-bond donors (Lipinski definition) is 0. The van der Waals surface area contributed by atoms with Crippen molar-refractivity contribution in [1.82, 2.24) is 4.90 Å². The molecule has 0 aliphatic heterocycles. The molecule has 0 aromatic carbocycles. The van der Waals surface area contributed by atoms with E-state index in [0.29, 0.717) is 0 Å². The maximum atomic E-state index is 4.02. The first-order chi connectivity index (χ1) is 6.24. The van der Waals surface area contributed by atoms with E-state index in [1.807, 2.05) is 0 Å². The molecule has 0 fully saturated rings. The van der Waals surface area contributed by atoms with E-state index in [2.05, 4.69) is 32.3 Å². The molecule has 13 heavy (non-hydrogen) atoms. The van der Waals surface area contributed by atoms with Gasteiger partial charge >= 0.3 is 0 Å². The summed E-state index contributed by atoms with van der Waals surface area (Å²) >= 11 is 0. The minimum atomic E-state index is 1.14. The van der Waals surface area contributed by atoms with E-state index in [4.69, 9.17) is 0 Å². The highest BCUT2D eigenvalue weighted by Crippen LogP contribution is 2.08. The van der Waals surface area contributed by atoms with Crippen molar-refractivity contribution in [3.05, 3.63) is 12.2 Å². The van der Waals surface area contributed by atoms with Crippen LogP contribution in [0.4, 0.5) is 0 Å². The van der Waals surface area contributed by atoms with E-state index in [1.54, 1.807) is 0 Å². The largest absolute Gasteiger partial charge is 0.304 e. The van der Waals surface area contributed by atoms with Crippen LogP contribution in [0.5, 0.6) is 0 Å². The third kappa shape index (κ3) is 6.83. The van der Waals surface area contributed by atoms with Gasteiger partial charge in [-0.2, -0.15) is 0 Å². The lowest BCUT2D eigenvalue weighted by atomic mass is 10.1. The summed E-state index contributed by atoms with van der Waals surface area (Å²) in [6.45, 7) is 14.3. The summed E-state index contributed by atoms with van der Waals surface area (Å²) in [5.74, 6) is 0. The Balaban J connectivity index is 3.28. The molecule has 0 saturated carbocycles. The Hall–Kier alpha value is -0.300. The average molecular weight is 183 g/mol. The minimum Gasteiger partial charge on any atom is -0.304 e. The van der Waals surface area contributed by atoms with Crippen LogP contribution >= 0.6 is 0 Å². The normalized spacial score (nSPS) is 10.8. The Morgan fingerprint density at radius 2 is 1.69 bits per heavy atom. The van der Waals surface area contributed by atoms with Crippen LogP contribution in [-0.4, -0.2) is 24.5 Å². The number of hydrogen-bond acceptors (Lipinski definition) is 1. The molecule has 0 N–H and O–H groups in total. The smallest absolute Gasteiger partial charge is 0.00189 e. The Bertz CT molecular complexity index is 125. The van der Waals surface area contributed by atoms with Crippen LogP contribution in [0.3, 0.4) is 0 Å². The average Bonchev–Trinajstić information content (AvgIpc) is 2.18. The maximum absolute atomic E-state index is 4.02. The van der Waals surface area contributed by atoms with Crippen molar-refractivity contribution in [2.45, 2.75) is 46.5 Å². The van der Waals surface area contributed by atoms with Crippen molar-refractivity contribution in [2.24, 2.45) is 0 Å². The van der Waals surface area contributed by atoms with E-state index in [1.165, 1.54) is 44.5 Å². The van der Waals surface area contributed by atoms with Crippen LogP contribution in [0.15, 0.2) is 12.2 Å². The molecule has 0 rings (SSSR count). The highest BCUT2D eigenvalue weighted by Gasteiger charge is 1.98. The lowest BCUT2D eigenvalue weighted by molar-refractivity contribution is 0.297. The van der Waals surface area contributed by atoms with Gasteiger partial charge in [-0.15, -0.1) is 0 Å². The van der Waals surface area contributed by atoms with Crippen molar-refractivity contribution < 1.29 is 0 Å². The van der Waals surface area contributed by atoms with Gasteiger partial charge in [-0.1, -0.05) is 32.9 Å². The van der Waals surface area contributed by atoms with Crippen molar-refractivity contribution >= 4 is 0 Å². The molecule has 1 nitrogen and oxygen atoms in total. The summed E-state index contributed by atoms with van der Waals surface area (Å²) in [6.07, 6.45) is 4.99. The number of unbranched alkanes of at least 4 members (excludes halogenated alkanes) is 1. The van der Waals surface area contributed by atoms with Crippen molar-refractivity contribution in [1.29, 1.82) is 0 Å². The molecule has 0 spiro atoms. The monoisotopic (exact) mass is 183 g/mol. The summed E-state index contributed by atoms with van der Waals surface area (Å²) in [7, 11) is 0. The zero-order valence-electron chi connectivity index (χ0n) is 9.60. The van der Waals surface area contributed by atoms with Gasteiger partial charge in [0.2, 0.25) is 0 Å². The molecule has 0 heterocycles. The highest BCUT2D eigenvalue weighted by atomic mass is 15.1. The fourth-order valence-electron chi connectivity index (χ4n) is 1.43. The molecule has 0 atom stereocenters. The molecule has 0 saturated heterocycles. The van der Waals surface area contributed by atoms with Crippen molar-refractivity contribution in [2.75, 3.05) is 19.6 Å². The van der Waals surface area contributed by atoms with Gasteiger partial charge in [-0.3, -0.25) is 0 Å². The molecule has 1 heteroatoms. The minimum absolute atomic E-state index is 1.14. The predicted octanol–water partition coefficient (Wildman–Crippen LogP) is 3.46.